The number of carbonyl (C=O) groups is 2. The molecule has 0 heterocycles. The summed E-state index contributed by atoms with van der Waals surface area (Å²) in [6.07, 6.45) is -0.622. The average Bonchev–Trinajstić information content (AvgIpc) is 2.52. The van der Waals surface area contributed by atoms with Gasteiger partial charge in [-0.2, -0.15) is 0 Å². The van der Waals surface area contributed by atoms with E-state index in [1.54, 1.807) is 24.3 Å². The van der Waals surface area contributed by atoms with Gasteiger partial charge in [-0.15, -0.1) is 0 Å². The van der Waals surface area contributed by atoms with Crippen molar-refractivity contribution in [2.75, 3.05) is 6.61 Å². The Hall–Kier alpha value is -2.62. The van der Waals surface area contributed by atoms with Crippen molar-refractivity contribution in [3.8, 4) is 0 Å². The Labute approximate surface area is 123 Å². The number of esters is 2. The molecule has 0 spiro atoms. The third-order valence-corrected chi connectivity index (χ3v) is 2.87. The molecule has 2 aromatic rings. The molecule has 0 fully saturated rings. The topological polar surface area (TPSA) is 52.6 Å². The fourth-order valence-electron chi connectivity index (χ4n) is 1.83. The summed E-state index contributed by atoms with van der Waals surface area (Å²) in [7, 11) is 0. The zero-order valence-corrected chi connectivity index (χ0v) is 11.7. The first-order valence-electron chi connectivity index (χ1n) is 6.61. The van der Waals surface area contributed by atoms with Gasteiger partial charge in [-0.05, 0) is 17.7 Å². The molecular formula is C17H16O4. The average molecular weight is 284 g/mol. The molecule has 0 saturated carbocycles. The van der Waals surface area contributed by atoms with Gasteiger partial charge in [-0.25, -0.2) is 4.79 Å². The van der Waals surface area contributed by atoms with E-state index in [-0.39, 0.29) is 6.61 Å². The highest BCUT2D eigenvalue weighted by molar-refractivity contribution is 5.89. The number of hydrogen-bond donors (Lipinski definition) is 0. The third-order valence-electron chi connectivity index (χ3n) is 2.87. The van der Waals surface area contributed by atoms with E-state index < -0.39 is 18.0 Å². The van der Waals surface area contributed by atoms with Crippen molar-refractivity contribution in [2.45, 2.75) is 13.0 Å². The molecule has 21 heavy (non-hydrogen) atoms. The van der Waals surface area contributed by atoms with E-state index in [0.29, 0.717) is 5.56 Å². The van der Waals surface area contributed by atoms with E-state index in [1.807, 2.05) is 36.4 Å². The summed E-state index contributed by atoms with van der Waals surface area (Å²) in [6, 6.07) is 17.9. The Morgan fingerprint density at radius 2 is 1.52 bits per heavy atom. The number of ether oxygens (including phenoxy) is 2. The van der Waals surface area contributed by atoms with Crippen molar-refractivity contribution in [1.82, 2.24) is 0 Å². The van der Waals surface area contributed by atoms with Crippen molar-refractivity contribution in [2.24, 2.45) is 0 Å². The fourth-order valence-corrected chi connectivity index (χ4v) is 1.83. The molecule has 4 nitrogen and oxygen atoms in total. The predicted molar refractivity (Wildman–Crippen MR) is 77.7 cm³/mol. The monoisotopic (exact) mass is 284 g/mol. The first-order chi connectivity index (χ1) is 10.2. The normalized spacial score (nSPS) is 11.5. The zero-order valence-electron chi connectivity index (χ0n) is 11.7. The molecular weight excluding hydrogens is 268 g/mol. The van der Waals surface area contributed by atoms with Crippen LogP contribution in [0.4, 0.5) is 0 Å². The molecule has 0 bridgehead atoms. The highest BCUT2D eigenvalue weighted by Gasteiger charge is 2.19. The van der Waals surface area contributed by atoms with Gasteiger partial charge in [0.1, 0.15) is 6.61 Å². The van der Waals surface area contributed by atoms with Gasteiger partial charge in [0, 0.05) is 6.92 Å². The Bertz CT molecular complexity index is 593. The molecule has 0 aliphatic heterocycles. The molecule has 0 aromatic heterocycles. The van der Waals surface area contributed by atoms with Gasteiger partial charge in [0.05, 0.1) is 5.56 Å². The largest absolute Gasteiger partial charge is 0.462 e. The van der Waals surface area contributed by atoms with E-state index in [0.717, 1.165) is 5.56 Å². The molecule has 0 amide bonds. The Kier molecular flexibility index (Phi) is 5.10. The molecule has 1 atom stereocenters. The van der Waals surface area contributed by atoms with Crippen LogP contribution in [0.25, 0.3) is 0 Å². The zero-order chi connectivity index (χ0) is 15.1. The van der Waals surface area contributed by atoms with Crippen LogP contribution >= 0.6 is 0 Å². The molecule has 0 aliphatic rings. The lowest BCUT2D eigenvalue weighted by molar-refractivity contribution is -0.144. The van der Waals surface area contributed by atoms with Crippen molar-refractivity contribution in [3.63, 3.8) is 0 Å². The van der Waals surface area contributed by atoms with Gasteiger partial charge in [0.2, 0.25) is 0 Å². The number of benzene rings is 2. The SMILES string of the molecule is CC(=O)OC[C@@H](OC(=O)c1ccccc1)c1ccccc1. The van der Waals surface area contributed by atoms with Crippen LogP contribution in [0.1, 0.15) is 28.9 Å². The highest BCUT2D eigenvalue weighted by atomic mass is 16.6. The van der Waals surface area contributed by atoms with Crippen LogP contribution in [0.15, 0.2) is 60.7 Å². The summed E-state index contributed by atoms with van der Waals surface area (Å²) in [4.78, 5) is 23.1. The van der Waals surface area contributed by atoms with Crippen LogP contribution in [-0.4, -0.2) is 18.5 Å². The van der Waals surface area contributed by atoms with Crippen molar-refractivity contribution >= 4 is 11.9 Å². The number of carbonyl (C=O) groups excluding carboxylic acids is 2. The van der Waals surface area contributed by atoms with Gasteiger partial charge < -0.3 is 9.47 Å². The number of rotatable bonds is 5. The summed E-state index contributed by atoms with van der Waals surface area (Å²) in [5.41, 5.74) is 1.24. The minimum atomic E-state index is -0.622. The maximum atomic E-state index is 12.1. The molecule has 0 unspecified atom stereocenters. The maximum absolute atomic E-state index is 12.1. The molecule has 0 radical (unpaired) electrons. The second-order valence-electron chi connectivity index (χ2n) is 4.47. The summed E-state index contributed by atoms with van der Waals surface area (Å²) in [5.74, 6) is -0.858. The highest BCUT2D eigenvalue weighted by Crippen LogP contribution is 2.19. The first kappa shape index (κ1) is 14.8. The maximum Gasteiger partial charge on any atom is 0.338 e. The van der Waals surface area contributed by atoms with Crippen LogP contribution in [0.3, 0.4) is 0 Å². The molecule has 0 N–H and O–H groups in total. The minimum absolute atomic E-state index is 0.00206. The van der Waals surface area contributed by atoms with E-state index in [9.17, 15) is 9.59 Å². The predicted octanol–water partition coefficient (Wildman–Crippen LogP) is 3.15. The summed E-state index contributed by atoms with van der Waals surface area (Å²) < 4.78 is 10.4. The lowest BCUT2D eigenvalue weighted by atomic mass is 10.1. The molecule has 2 aromatic carbocycles. The van der Waals surface area contributed by atoms with Crippen LogP contribution < -0.4 is 0 Å². The Morgan fingerprint density at radius 3 is 2.10 bits per heavy atom. The third kappa shape index (κ3) is 4.45. The Balaban J connectivity index is 2.12. The quantitative estimate of drug-likeness (QED) is 0.791. The lowest BCUT2D eigenvalue weighted by Crippen LogP contribution is -2.18. The van der Waals surface area contributed by atoms with Crippen LogP contribution in [0.5, 0.6) is 0 Å². The van der Waals surface area contributed by atoms with Gasteiger partial charge >= 0.3 is 11.9 Å². The van der Waals surface area contributed by atoms with Gasteiger partial charge in [0.15, 0.2) is 6.10 Å². The van der Waals surface area contributed by atoms with Crippen molar-refractivity contribution < 1.29 is 19.1 Å². The van der Waals surface area contributed by atoms with Gasteiger partial charge in [-0.3, -0.25) is 4.79 Å². The second kappa shape index (κ2) is 7.24. The van der Waals surface area contributed by atoms with E-state index in [2.05, 4.69) is 0 Å². The molecule has 2 rings (SSSR count). The van der Waals surface area contributed by atoms with E-state index in [4.69, 9.17) is 9.47 Å². The minimum Gasteiger partial charge on any atom is -0.462 e. The second-order valence-corrected chi connectivity index (χ2v) is 4.47. The fraction of sp³-hybridized carbons (Fsp3) is 0.176. The molecule has 108 valence electrons. The Morgan fingerprint density at radius 1 is 0.952 bits per heavy atom. The van der Waals surface area contributed by atoms with E-state index in [1.165, 1.54) is 6.92 Å². The van der Waals surface area contributed by atoms with Crippen molar-refractivity contribution in [3.05, 3.63) is 71.8 Å². The summed E-state index contributed by atoms with van der Waals surface area (Å²) in [6.45, 7) is 1.32. The van der Waals surface area contributed by atoms with E-state index >= 15 is 0 Å². The molecule has 0 aliphatic carbocycles. The van der Waals surface area contributed by atoms with Crippen LogP contribution in [0, 0.1) is 0 Å². The smallest absolute Gasteiger partial charge is 0.338 e. The summed E-state index contributed by atoms with van der Waals surface area (Å²) >= 11 is 0. The van der Waals surface area contributed by atoms with Crippen molar-refractivity contribution in [1.29, 1.82) is 0 Å². The lowest BCUT2D eigenvalue weighted by Gasteiger charge is -2.18. The first-order valence-corrected chi connectivity index (χ1v) is 6.61. The standard InChI is InChI=1S/C17H16O4/c1-13(18)20-12-16(14-8-4-2-5-9-14)21-17(19)15-10-6-3-7-11-15/h2-11,16H,12H2,1H3/t16-/m1/s1. The summed E-state index contributed by atoms with van der Waals surface area (Å²) in [5, 5.41) is 0. The molecule has 4 heteroatoms. The van der Waals surface area contributed by atoms with Gasteiger partial charge in [-0.1, -0.05) is 48.5 Å². The number of hydrogen-bond acceptors (Lipinski definition) is 4. The van der Waals surface area contributed by atoms with Gasteiger partial charge in [0.25, 0.3) is 0 Å². The molecule has 0 saturated heterocycles. The van der Waals surface area contributed by atoms with Crippen LogP contribution in [-0.2, 0) is 14.3 Å². The van der Waals surface area contributed by atoms with Crippen LogP contribution in [0.2, 0.25) is 0 Å².